The number of benzene rings is 1. The minimum Gasteiger partial charge on any atom is -0.302 e. The number of alkyl halides is 3. The highest BCUT2D eigenvalue weighted by Crippen LogP contribution is 2.35. The molecule has 102 valence electrons. The van der Waals surface area contributed by atoms with E-state index in [9.17, 15) is 13.2 Å². The van der Waals surface area contributed by atoms with Crippen LogP contribution in [0.1, 0.15) is 5.69 Å². The third-order valence-corrected chi connectivity index (χ3v) is 2.76. The molecule has 0 radical (unpaired) electrons. The fourth-order valence-electron chi connectivity index (χ4n) is 1.96. The molecule has 0 aliphatic heterocycles. The van der Waals surface area contributed by atoms with Crippen molar-refractivity contribution in [2.45, 2.75) is 6.18 Å². The van der Waals surface area contributed by atoms with Gasteiger partial charge in [0.2, 0.25) is 5.82 Å². The maximum absolute atomic E-state index is 13.1. The average Bonchev–Trinajstić information content (AvgIpc) is 3.07. The number of nitrogens with one attached hydrogen (secondary N) is 1. The van der Waals surface area contributed by atoms with E-state index in [1.807, 2.05) is 0 Å². The average molecular weight is 279 g/mol. The van der Waals surface area contributed by atoms with Gasteiger partial charge in [0, 0.05) is 5.69 Å². The standard InChI is InChI=1S/C12H8F3N5/c13-12(14,15)10-7-6-9(11-16-18-19-17-11)20(10)8-4-2-1-3-5-8/h1-7H,(H,16,17,18,19). The van der Waals surface area contributed by atoms with Gasteiger partial charge in [0.1, 0.15) is 5.69 Å². The Labute approximate surface area is 111 Å². The van der Waals surface area contributed by atoms with Crippen LogP contribution in [0.25, 0.3) is 17.2 Å². The van der Waals surface area contributed by atoms with Crippen LogP contribution in [0.3, 0.4) is 0 Å². The predicted molar refractivity (Wildman–Crippen MR) is 63.9 cm³/mol. The first-order valence-electron chi connectivity index (χ1n) is 5.65. The zero-order valence-electron chi connectivity index (χ0n) is 9.96. The van der Waals surface area contributed by atoms with Gasteiger partial charge >= 0.3 is 6.18 Å². The van der Waals surface area contributed by atoms with Gasteiger partial charge < -0.3 is 4.57 Å². The molecule has 3 rings (SSSR count). The van der Waals surface area contributed by atoms with Crippen molar-refractivity contribution >= 4 is 0 Å². The number of aromatic nitrogens is 5. The molecule has 0 spiro atoms. The summed E-state index contributed by atoms with van der Waals surface area (Å²) < 4.78 is 40.4. The Morgan fingerprint density at radius 2 is 1.75 bits per heavy atom. The van der Waals surface area contributed by atoms with E-state index >= 15 is 0 Å². The van der Waals surface area contributed by atoms with Crippen molar-refractivity contribution in [3.8, 4) is 17.2 Å². The molecule has 0 saturated heterocycles. The Morgan fingerprint density at radius 3 is 2.35 bits per heavy atom. The van der Waals surface area contributed by atoms with Gasteiger partial charge in [0.25, 0.3) is 0 Å². The molecule has 2 heterocycles. The Bertz CT molecular complexity index is 701. The van der Waals surface area contributed by atoms with Crippen LogP contribution in [0, 0.1) is 0 Å². The molecule has 0 unspecified atom stereocenters. The first-order valence-corrected chi connectivity index (χ1v) is 5.65. The van der Waals surface area contributed by atoms with Gasteiger partial charge in [0.15, 0.2) is 0 Å². The molecule has 0 atom stereocenters. The lowest BCUT2D eigenvalue weighted by Gasteiger charge is -2.14. The second kappa shape index (κ2) is 4.48. The lowest BCUT2D eigenvalue weighted by Crippen LogP contribution is -2.13. The topological polar surface area (TPSA) is 59.4 Å². The third-order valence-electron chi connectivity index (χ3n) is 2.76. The molecule has 0 fully saturated rings. The Kier molecular flexibility index (Phi) is 2.78. The van der Waals surface area contributed by atoms with Gasteiger partial charge in [-0.05, 0) is 29.5 Å². The quantitative estimate of drug-likeness (QED) is 0.784. The van der Waals surface area contributed by atoms with Crippen molar-refractivity contribution in [2.75, 3.05) is 0 Å². The van der Waals surface area contributed by atoms with E-state index in [2.05, 4.69) is 20.6 Å². The van der Waals surface area contributed by atoms with Gasteiger partial charge in [-0.25, -0.2) is 0 Å². The summed E-state index contributed by atoms with van der Waals surface area (Å²) in [5.74, 6) is 0.101. The Balaban J connectivity index is 2.26. The fourth-order valence-corrected chi connectivity index (χ4v) is 1.96. The van der Waals surface area contributed by atoms with Gasteiger partial charge in [-0.2, -0.15) is 18.4 Å². The predicted octanol–water partition coefficient (Wildman–Crippen LogP) is 2.68. The van der Waals surface area contributed by atoms with Crippen molar-refractivity contribution in [1.29, 1.82) is 0 Å². The summed E-state index contributed by atoms with van der Waals surface area (Å²) in [4.78, 5) is 0. The number of tetrazole rings is 1. The van der Waals surface area contributed by atoms with Gasteiger partial charge in [0.05, 0.1) is 5.69 Å². The molecular weight excluding hydrogens is 271 g/mol. The maximum atomic E-state index is 13.1. The van der Waals surface area contributed by atoms with Crippen LogP contribution in [0.4, 0.5) is 13.2 Å². The number of rotatable bonds is 2. The van der Waals surface area contributed by atoms with E-state index in [0.717, 1.165) is 10.6 Å². The Hall–Kier alpha value is -2.64. The molecule has 0 aliphatic rings. The molecule has 1 N–H and O–H groups in total. The number of para-hydroxylation sites is 1. The number of aromatic amines is 1. The van der Waals surface area contributed by atoms with Crippen molar-refractivity contribution in [2.24, 2.45) is 0 Å². The number of H-pyrrole nitrogens is 1. The van der Waals surface area contributed by atoms with Crippen LogP contribution in [-0.4, -0.2) is 25.2 Å². The molecule has 0 aliphatic carbocycles. The monoisotopic (exact) mass is 279 g/mol. The molecule has 2 aromatic heterocycles. The highest BCUT2D eigenvalue weighted by molar-refractivity contribution is 5.56. The molecule has 5 nitrogen and oxygen atoms in total. The molecule has 1 aromatic carbocycles. The fraction of sp³-hybridized carbons (Fsp3) is 0.0833. The van der Waals surface area contributed by atoms with E-state index in [-0.39, 0.29) is 11.5 Å². The molecule has 0 saturated carbocycles. The number of nitrogens with zero attached hydrogens (tertiary/aromatic N) is 4. The largest absolute Gasteiger partial charge is 0.431 e. The summed E-state index contributed by atoms with van der Waals surface area (Å²) in [6.45, 7) is 0. The van der Waals surface area contributed by atoms with E-state index in [1.54, 1.807) is 30.3 Å². The molecule has 8 heteroatoms. The number of halogens is 3. The second-order valence-electron chi connectivity index (χ2n) is 4.01. The summed E-state index contributed by atoms with van der Waals surface area (Å²) in [5.41, 5.74) is -0.189. The van der Waals surface area contributed by atoms with E-state index in [4.69, 9.17) is 0 Å². The van der Waals surface area contributed by atoms with Crippen molar-refractivity contribution < 1.29 is 13.2 Å². The summed E-state index contributed by atoms with van der Waals surface area (Å²) in [6, 6.07) is 10.5. The van der Waals surface area contributed by atoms with E-state index in [1.165, 1.54) is 6.07 Å². The van der Waals surface area contributed by atoms with E-state index < -0.39 is 11.9 Å². The zero-order chi connectivity index (χ0) is 14.2. The molecular formula is C12H8F3N5. The zero-order valence-corrected chi connectivity index (χ0v) is 9.96. The smallest absolute Gasteiger partial charge is 0.302 e. The van der Waals surface area contributed by atoms with Crippen LogP contribution in [0.2, 0.25) is 0 Å². The normalized spacial score (nSPS) is 11.8. The number of hydrogen-bond acceptors (Lipinski definition) is 3. The molecule has 0 amide bonds. The summed E-state index contributed by atoms with van der Waals surface area (Å²) in [5, 5.41) is 13.1. The lowest BCUT2D eigenvalue weighted by molar-refractivity contribution is -0.142. The van der Waals surface area contributed by atoms with Crippen molar-refractivity contribution in [3.63, 3.8) is 0 Å². The molecule has 20 heavy (non-hydrogen) atoms. The first-order chi connectivity index (χ1) is 9.57. The Morgan fingerprint density at radius 1 is 1.00 bits per heavy atom. The minimum atomic E-state index is -4.47. The summed E-state index contributed by atoms with van der Waals surface area (Å²) >= 11 is 0. The van der Waals surface area contributed by atoms with Crippen LogP contribution < -0.4 is 0 Å². The summed E-state index contributed by atoms with van der Waals surface area (Å²) in [6.07, 6.45) is -4.47. The van der Waals surface area contributed by atoms with Crippen molar-refractivity contribution in [3.05, 3.63) is 48.2 Å². The second-order valence-corrected chi connectivity index (χ2v) is 4.01. The first kappa shape index (κ1) is 12.4. The minimum absolute atomic E-state index is 0.101. The highest BCUT2D eigenvalue weighted by atomic mass is 19.4. The third kappa shape index (κ3) is 2.04. The highest BCUT2D eigenvalue weighted by Gasteiger charge is 2.36. The van der Waals surface area contributed by atoms with Crippen LogP contribution in [-0.2, 0) is 6.18 Å². The van der Waals surface area contributed by atoms with Gasteiger partial charge in [-0.15, -0.1) is 10.2 Å². The number of hydrogen-bond donors (Lipinski definition) is 1. The van der Waals surface area contributed by atoms with Crippen LogP contribution in [0.15, 0.2) is 42.5 Å². The maximum Gasteiger partial charge on any atom is 0.431 e. The van der Waals surface area contributed by atoms with Gasteiger partial charge in [-0.1, -0.05) is 18.2 Å². The SMILES string of the molecule is FC(F)(F)c1ccc(-c2nn[nH]n2)n1-c1ccccc1. The van der Waals surface area contributed by atoms with Crippen LogP contribution in [0.5, 0.6) is 0 Å². The van der Waals surface area contributed by atoms with Crippen molar-refractivity contribution in [1.82, 2.24) is 25.2 Å². The van der Waals surface area contributed by atoms with Gasteiger partial charge in [-0.3, -0.25) is 0 Å². The summed E-state index contributed by atoms with van der Waals surface area (Å²) in [7, 11) is 0. The molecule has 0 bridgehead atoms. The van der Waals surface area contributed by atoms with E-state index in [0.29, 0.717) is 5.69 Å². The van der Waals surface area contributed by atoms with Crippen LogP contribution >= 0.6 is 0 Å². The lowest BCUT2D eigenvalue weighted by atomic mass is 10.3. The molecule has 3 aromatic rings.